The van der Waals surface area contributed by atoms with Crippen LogP contribution >= 0.6 is 0 Å². The normalized spacial score (nSPS) is 29.1. The molecule has 3 N–H and O–H groups in total. The van der Waals surface area contributed by atoms with Crippen LogP contribution in [0, 0.1) is 17.2 Å². The third-order valence-corrected chi connectivity index (χ3v) is 3.70. The van der Waals surface area contributed by atoms with Crippen LogP contribution in [0.25, 0.3) is 0 Å². The van der Waals surface area contributed by atoms with E-state index in [4.69, 9.17) is 11.1 Å². The van der Waals surface area contributed by atoms with E-state index in [9.17, 15) is 0 Å². The predicted octanol–water partition coefficient (Wildman–Crippen LogP) is 2.07. The van der Waals surface area contributed by atoms with Crippen molar-refractivity contribution in [2.75, 3.05) is 13.6 Å². The molecule has 0 saturated heterocycles. The molecular weight excluding hydrogens is 186 g/mol. The summed E-state index contributed by atoms with van der Waals surface area (Å²) in [6, 6.07) is 0.711. The van der Waals surface area contributed by atoms with Crippen molar-refractivity contribution in [2.24, 2.45) is 17.6 Å². The highest BCUT2D eigenvalue weighted by Gasteiger charge is 2.22. The molecule has 0 heterocycles. The van der Waals surface area contributed by atoms with Crippen molar-refractivity contribution in [2.45, 2.75) is 45.6 Å². The molecule has 0 radical (unpaired) electrons. The van der Waals surface area contributed by atoms with Gasteiger partial charge in [-0.25, -0.2) is 0 Å². The van der Waals surface area contributed by atoms with Crippen molar-refractivity contribution < 1.29 is 0 Å². The predicted molar refractivity (Wildman–Crippen MR) is 65.1 cm³/mol. The standard InChI is InChI=1S/C12H25N3/c1-9-4-6-11(7-5-9)15(3)8-10(2)12(13)14/h9-11H,4-8H2,1-3H3,(H3,13,14). The van der Waals surface area contributed by atoms with Crippen molar-refractivity contribution in [1.82, 2.24) is 4.90 Å². The van der Waals surface area contributed by atoms with E-state index in [-0.39, 0.29) is 5.92 Å². The molecule has 1 aliphatic rings. The molecule has 0 aliphatic heterocycles. The van der Waals surface area contributed by atoms with Crippen LogP contribution in [0.5, 0.6) is 0 Å². The molecular formula is C12H25N3. The minimum Gasteiger partial charge on any atom is -0.387 e. The van der Waals surface area contributed by atoms with Gasteiger partial charge >= 0.3 is 0 Å². The number of nitrogens with two attached hydrogens (primary N) is 1. The fourth-order valence-electron chi connectivity index (χ4n) is 2.36. The van der Waals surface area contributed by atoms with Crippen molar-refractivity contribution >= 4 is 5.84 Å². The summed E-state index contributed by atoms with van der Waals surface area (Å²) in [5.41, 5.74) is 5.49. The van der Waals surface area contributed by atoms with Gasteiger partial charge in [-0.15, -0.1) is 0 Å². The average Bonchev–Trinajstić information content (AvgIpc) is 2.18. The lowest BCUT2D eigenvalue weighted by molar-refractivity contribution is 0.162. The second kappa shape index (κ2) is 5.50. The van der Waals surface area contributed by atoms with Gasteiger partial charge in [0.15, 0.2) is 0 Å². The zero-order chi connectivity index (χ0) is 11.4. The van der Waals surface area contributed by atoms with Crippen LogP contribution in [0.15, 0.2) is 0 Å². The fraction of sp³-hybridized carbons (Fsp3) is 0.917. The Morgan fingerprint density at radius 2 is 1.93 bits per heavy atom. The molecule has 0 aromatic carbocycles. The van der Waals surface area contributed by atoms with Gasteiger partial charge in [-0.1, -0.05) is 13.8 Å². The number of nitrogens with one attached hydrogen (secondary N) is 1. The SMILES string of the molecule is CC1CCC(N(C)CC(C)C(=N)N)CC1. The van der Waals surface area contributed by atoms with Gasteiger partial charge in [0, 0.05) is 18.5 Å². The second-order valence-corrected chi connectivity index (χ2v) is 5.21. The van der Waals surface area contributed by atoms with Crippen LogP contribution in [-0.4, -0.2) is 30.4 Å². The molecule has 3 heteroatoms. The molecule has 3 nitrogen and oxygen atoms in total. The molecule has 88 valence electrons. The van der Waals surface area contributed by atoms with Crippen LogP contribution in [0.4, 0.5) is 0 Å². The molecule has 0 aromatic heterocycles. The van der Waals surface area contributed by atoms with Crippen molar-refractivity contribution in [3.8, 4) is 0 Å². The zero-order valence-electron chi connectivity index (χ0n) is 10.3. The Morgan fingerprint density at radius 1 is 1.40 bits per heavy atom. The molecule has 0 bridgehead atoms. The van der Waals surface area contributed by atoms with Crippen LogP contribution in [-0.2, 0) is 0 Å². The first-order valence-electron chi connectivity index (χ1n) is 6.04. The van der Waals surface area contributed by atoms with E-state index in [1.165, 1.54) is 25.7 Å². The molecule has 1 fully saturated rings. The van der Waals surface area contributed by atoms with Gasteiger partial charge in [0.1, 0.15) is 0 Å². The Balaban J connectivity index is 2.33. The van der Waals surface area contributed by atoms with Crippen LogP contribution in [0.3, 0.4) is 0 Å². The number of amidine groups is 1. The highest BCUT2D eigenvalue weighted by atomic mass is 15.1. The number of hydrogen-bond donors (Lipinski definition) is 2. The topological polar surface area (TPSA) is 53.1 Å². The van der Waals surface area contributed by atoms with Gasteiger partial charge in [-0.2, -0.15) is 0 Å². The van der Waals surface area contributed by atoms with Crippen LogP contribution in [0.1, 0.15) is 39.5 Å². The van der Waals surface area contributed by atoms with E-state index in [0.29, 0.717) is 11.9 Å². The lowest BCUT2D eigenvalue weighted by atomic mass is 9.86. The van der Waals surface area contributed by atoms with Crippen molar-refractivity contribution in [1.29, 1.82) is 5.41 Å². The minimum atomic E-state index is 0.189. The molecule has 1 aliphatic carbocycles. The average molecular weight is 211 g/mol. The molecule has 0 aromatic rings. The highest BCUT2D eigenvalue weighted by molar-refractivity contribution is 5.79. The lowest BCUT2D eigenvalue weighted by Crippen LogP contribution is -2.40. The first kappa shape index (κ1) is 12.5. The number of hydrogen-bond acceptors (Lipinski definition) is 2. The Bertz CT molecular complexity index is 207. The van der Waals surface area contributed by atoms with Crippen LogP contribution in [0.2, 0.25) is 0 Å². The third-order valence-electron chi connectivity index (χ3n) is 3.70. The van der Waals surface area contributed by atoms with E-state index >= 15 is 0 Å². The van der Waals surface area contributed by atoms with Crippen molar-refractivity contribution in [3.05, 3.63) is 0 Å². The summed E-state index contributed by atoms with van der Waals surface area (Å²) in [6.45, 7) is 5.30. The van der Waals surface area contributed by atoms with Gasteiger partial charge in [0.25, 0.3) is 0 Å². The number of rotatable bonds is 4. The monoisotopic (exact) mass is 211 g/mol. The Hall–Kier alpha value is -0.570. The summed E-state index contributed by atoms with van der Waals surface area (Å²) in [5.74, 6) is 1.40. The summed E-state index contributed by atoms with van der Waals surface area (Å²) < 4.78 is 0. The zero-order valence-corrected chi connectivity index (χ0v) is 10.3. The maximum atomic E-state index is 7.39. The largest absolute Gasteiger partial charge is 0.387 e. The molecule has 1 rings (SSSR count). The second-order valence-electron chi connectivity index (χ2n) is 5.21. The molecule has 1 unspecified atom stereocenters. The fourth-order valence-corrected chi connectivity index (χ4v) is 2.36. The van der Waals surface area contributed by atoms with Gasteiger partial charge in [0.05, 0.1) is 5.84 Å². The van der Waals surface area contributed by atoms with Crippen molar-refractivity contribution in [3.63, 3.8) is 0 Å². The van der Waals surface area contributed by atoms with Gasteiger partial charge in [-0.05, 0) is 38.6 Å². The quantitative estimate of drug-likeness (QED) is 0.552. The smallest absolute Gasteiger partial charge is 0.0947 e. The summed E-state index contributed by atoms with van der Waals surface area (Å²) in [6.07, 6.45) is 5.32. The minimum absolute atomic E-state index is 0.189. The van der Waals surface area contributed by atoms with Crippen LogP contribution < -0.4 is 5.73 Å². The van der Waals surface area contributed by atoms with Gasteiger partial charge < -0.3 is 10.6 Å². The molecule has 0 amide bonds. The lowest BCUT2D eigenvalue weighted by Gasteiger charge is -2.34. The summed E-state index contributed by atoms with van der Waals surface area (Å²) in [4.78, 5) is 2.39. The number of nitrogens with zero attached hydrogens (tertiary/aromatic N) is 1. The molecule has 0 spiro atoms. The first-order chi connectivity index (χ1) is 7.00. The third kappa shape index (κ3) is 3.82. The highest BCUT2D eigenvalue weighted by Crippen LogP contribution is 2.26. The van der Waals surface area contributed by atoms with E-state index in [2.05, 4.69) is 18.9 Å². The van der Waals surface area contributed by atoms with Gasteiger partial charge in [-0.3, -0.25) is 5.41 Å². The Kier molecular flexibility index (Phi) is 4.58. The van der Waals surface area contributed by atoms with Gasteiger partial charge in [0.2, 0.25) is 0 Å². The maximum absolute atomic E-state index is 7.39. The maximum Gasteiger partial charge on any atom is 0.0947 e. The Labute approximate surface area is 93.5 Å². The van der Waals surface area contributed by atoms with E-state index in [1.54, 1.807) is 0 Å². The van der Waals surface area contributed by atoms with E-state index < -0.39 is 0 Å². The molecule has 1 atom stereocenters. The van der Waals surface area contributed by atoms with E-state index in [1.807, 2.05) is 6.92 Å². The summed E-state index contributed by atoms with van der Waals surface area (Å²) in [5, 5.41) is 7.39. The molecule has 15 heavy (non-hydrogen) atoms. The summed E-state index contributed by atoms with van der Waals surface area (Å²) >= 11 is 0. The first-order valence-corrected chi connectivity index (χ1v) is 6.04. The van der Waals surface area contributed by atoms with E-state index in [0.717, 1.165) is 12.5 Å². The Morgan fingerprint density at radius 3 is 2.40 bits per heavy atom. The summed E-state index contributed by atoms with van der Waals surface area (Å²) in [7, 11) is 2.17. The molecule has 1 saturated carbocycles.